The number of nitrogens with one attached hydrogen (secondary N) is 4. The van der Waals surface area contributed by atoms with Crippen molar-refractivity contribution in [3.63, 3.8) is 0 Å². The van der Waals surface area contributed by atoms with Gasteiger partial charge in [0.05, 0.1) is 31.0 Å². The highest BCUT2D eigenvalue weighted by atomic mass is 16.5. The predicted octanol–water partition coefficient (Wildman–Crippen LogP) is 6.92. The molecular formula is C47H53N7O7. The van der Waals surface area contributed by atoms with Gasteiger partial charge in [0.1, 0.15) is 23.6 Å². The number of hydrogen-bond donors (Lipinski definition) is 4. The van der Waals surface area contributed by atoms with Crippen molar-refractivity contribution >= 4 is 23.6 Å². The second-order valence-corrected chi connectivity index (χ2v) is 16.0. The lowest BCUT2D eigenvalue weighted by Crippen LogP contribution is -2.51. The summed E-state index contributed by atoms with van der Waals surface area (Å²) >= 11 is 0. The standard InChI is InChI=1S/C47H53N7O7/c1-49-46(57)41(33-9-5-3-6-10-33)52-45(56)40-25-36(43(61-40)35-19-17-31(18-20-35)37-27-51-54(2)28-37)29-59-24-23-50-47(58)42(34-11-7-4-8-12-34)53-44(55)39-22-21-38(60-39)32-15-13-30(26-48)14-16-32/h13-22,25,27-28,33-34,41-42H,3-12,23-24,29H2,1-2H3,(H,49,57)(H,50,58)(H,52,56)(H,53,55)/t41-,42-/m0/s1. The number of nitrogens with zero attached hydrogens (tertiary/aromatic N) is 3. The van der Waals surface area contributed by atoms with E-state index >= 15 is 0 Å². The molecule has 4 N–H and O–H groups in total. The molecule has 318 valence electrons. The number of carbonyl (C=O) groups excluding carboxylic acids is 4. The maximum atomic E-state index is 13.7. The summed E-state index contributed by atoms with van der Waals surface area (Å²) in [6.45, 7) is 0.406. The molecule has 61 heavy (non-hydrogen) atoms. The van der Waals surface area contributed by atoms with Gasteiger partial charge in [-0.15, -0.1) is 0 Å². The summed E-state index contributed by atoms with van der Waals surface area (Å²) < 4.78 is 19.9. The van der Waals surface area contributed by atoms with E-state index in [4.69, 9.17) is 18.8 Å². The molecule has 0 bridgehead atoms. The van der Waals surface area contributed by atoms with Crippen LogP contribution in [0.2, 0.25) is 0 Å². The van der Waals surface area contributed by atoms with Gasteiger partial charge >= 0.3 is 0 Å². The minimum atomic E-state index is -0.764. The Labute approximate surface area is 355 Å². The monoisotopic (exact) mass is 827 g/mol. The summed E-state index contributed by atoms with van der Waals surface area (Å²) in [4.78, 5) is 53.8. The number of rotatable bonds is 16. The third kappa shape index (κ3) is 10.7. The van der Waals surface area contributed by atoms with Gasteiger partial charge in [-0.05, 0) is 85.5 Å². The summed E-state index contributed by atoms with van der Waals surface area (Å²) in [6, 6.07) is 20.2. The van der Waals surface area contributed by atoms with Gasteiger partial charge in [0, 0.05) is 49.1 Å². The van der Waals surface area contributed by atoms with Crippen LogP contribution in [-0.4, -0.2) is 65.7 Å². The molecule has 4 amide bonds. The number of likely N-dealkylation sites (N-methyl/N-ethyl adjacent to an activating group) is 1. The van der Waals surface area contributed by atoms with Crippen LogP contribution in [0, 0.1) is 23.2 Å². The molecule has 2 saturated carbocycles. The summed E-state index contributed by atoms with van der Waals surface area (Å²) in [7, 11) is 3.44. The van der Waals surface area contributed by atoms with E-state index in [0.29, 0.717) is 22.6 Å². The van der Waals surface area contributed by atoms with E-state index < -0.39 is 23.9 Å². The fourth-order valence-electron chi connectivity index (χ4n) is 8.45. The molecule has 0 spiro atoms. The van der Waals surface area contributed by atoms with Crippen molar-refractivity contribution in [2.24, 2.45) is 18.9 Å². The average Bonchev–Trinajstić information content (AvgIpc) is 4.08. The fourth-order valence-corrected chi connectivity index (χ4v) is 8.45. The number of benzene rings is 2. The Morgan fingerprint density at radius 1 is 0.770 bits per heavy atom. The highest BCUT2D eigenvalue weighted by Crippen LogP contribution is 2.32. The zero-order chi connectivity index (χ0) is 42.7. The molecule has 2 fully saturated rings. The first-order valence-corrected chi connectivity index (χ1v) is 21.2. The first-order chi connectivity index (χ1) is 29.7. The molecule has 3 heterocycles. The van der Waals surface area contributed by atoms with Crippen molar-refractivity contribution in [2.45, 2.75) is 82.9 Å². The molecule has 0 unspecified atom stereocenters. The Kier molecular flexibility index (Phi) is 14.1. The lowest BCUT2D eigenvalue weighted by Gasteiger charge is -2.29. The van der Waals surface area contributed by atoms with Gasteiger partial charge in [-0.1, -0.05) is 62.8 Å². The molecule has 14 nitrogen and oxygen atoms in total. The molecule has 5 aromatic rings. The van der Waals surface area contributed by atoms with E-state index in [-0.39, 0.29) is 54.9 Å². The Balaban J connectivity index is 1.01. The Morgan fingerprint density at radius 3 is 1.98 bits per heavy atom. The first kappa shape index (κ1) is 42.7. The number of hydrogen-bond acceptors (Lipinski definition) is 9. The highest BCUT2D eigenvalue weighted by Gasteiger charge is 2.33. The molecule has 2 aliphatic carbocycles. The fraction of sp³-hybridized carbons (Fsp3) is 0.404. The summed E-state index contributed by atoms with van der Waals surface area (Å²) in [5, 5.41) is 25.0. The van der Waals surface area contributed by atoms with Crippen LogP contribution in [0.15, 0.2) is 88.0 Å². The largest absolute Gasteiger partial charge is 0.451 e. The molecular weight excluding hydrogens is 775 g/mol. The minimum Gasteiger partial charge on any atom is -0.451 e. The van der Waals surface area contributed by atoms with E-state index in [1.165, 1.54) is 0 Å². The molecule has 2 atom stereocenters. The van der Waals surface area contributed by atoms with Crippen LogP contribution < -0.4 is 21.3 Å². The Bertz CT molecular complexity index is 2320. The van der Waals surface area contributed by atoms with Gasteiger partial charge in [-0.3, -0.25) is 23.9 Å². The van der Waals surface area contributed by atoms with Crippen molar-refractivity contribution in [1.29, 1.82) is 5.26 Å². The zero-order valence-corrected chi connectivity index (χ0v) is 34.7. The van der Waals surface area contributed by atoms with Crippen molar-refractivity contribution < 1.29 is 32.7 Å². The lowest BCUT2D eigenvalue weighted by atomic mass is 9.83. The van der Waals surface area contributed by atoms with Crippen molar-refractivity contribution in [2.75, 3.05) is 20.2 Å². The number of aromatic nitrogens is 2. The molecule has 0 aliphatic heterocycles. The van der Waals surface area contributed by atoms with Gasteiger partial charge in [-0.25, -0.2) is 0 Å². The Hall–Kier alpha value is -6.46. The lowest BCUT2D eigenvalue weighted by molar-refractivity contribution is -0.125. The maximum absolute atomic E-state index is 13.7. The number of amides is 4. The number of carbonyl (C=O) groups is 4. The zero-order valence-electron chi connectivity index (χ0n) is 34.7. The molecule has 7 rings (SSSR count). The van der Waals surface area contributed by atoms with Gasteiger partial charge in [0.2, 0.25) is 11.8 Å². The van der Waals surface area contributed by atoms with Crippen LogP contribution in [-0.2, 0) is 28.0 Å². The van der Waals surface area contributed by atoms with Crippen LogP contribution in [0.5, 0.6) is 0 Å². The first-order valence-electron chi connectivity index (χ1n) is 21.2. The number of furan rings is 2. The summed E-state index contributed by atoms with van der Waals surface area (Å²) in [5.74, 6) is -0.407. The van der Waals surface area contributed by atoms with E-state index in [0.717, 1.165) is 86.5 Å². The molecule has 0 saturated heterocycles. The number of nitriles is 1. The topological polar surface area (TPSA) is 194 Å². The molecule has 2 aliphatic rings. The molecule has 0 radical (unpaired) electrons. The highest BCUT2D eigenvalue weighted by molar-refractivity contribution is 5.97. The second-order valence-electron chi connectivity index (χ2n) is 16.0. The maximum Gasteiger partial charge on any atom is 0.287 e. The van der Waals surface area contributed by atoms with Gasteiger partial charge in [0.25, 0.3) is 11.8 Å². The number of aryl methyl sites for hydroxylation is 1. The minimum absolute atomic E-state index is 0.0321. The quantitative estimate of drug-likeness (QED) is 0.0765. The van der Waals surface area contributed by atoms with E-state index in [1.54, 1.807) is 60.4 Å². The summed E-state index contributed by atoms with van der Waals surface area (Å²) in [6.07, 6.45) is 13.3. The number of ether oxygens (including phenoxy) is 1. The smallest absolute Gasteiger partial charge is 0.287 e. The second kappa shape index (κ2) is 20.2. The van der Waals surface area contributed by atoms with Crippen LogP contribution >= 0.6 is 0 Å². The van der Waals surface area contributed by atoms with Crippen LogP contribution in [0.3, 0.4) is 0 Å². The predicted molar refractivity (Wildman–Crippen MR) is 228 cm³/mol. The van der Waals surface area contributed by atoms with Gasteiger partial charge in [-0.2, -0.15) is 10.4 Å². The third-order valence-corrected chi connectivity index (χ3v) is 11.8. The molecule has 2 aromatic carbocycles. The van der Waals surface area contributed by atoms with Gasteiger partial charge < -0.3 is 34.8 Å². The average molecular weight is 828 g/mol. The van der Waals surface area contributed by atoms with Crippen LogP contribution in [0.4, 0.5) is 0 Å². The van der Waals surface area contributed by atoms with Crippen molar-refractivity contribution in [3.8, 4) is 39.8 Å². The van der Waals surface area contributed by atoms with E-state index in [9.17, 15) is 19.2 Å². The van der Waals surface area contributed by atoms with Crippen LogP contribution in [0.1, 0.15) is 96.4 Å². The SMILES string of the molecule is CNC(=O)[C@@H](NC(=O)c1cc(COCCNC(=O)[C@@H](NC(=O)c2ccc(-c3ccc(C#N)cc3)o2)C2CCCCC2)c(-c2ccc(-c3cnn(C)c3)cc2)o1)C1CCCCC1. The van der Waals surface area contributed by atoms with Crippen molar-refractivity contribution in [1.82, 2.24) is 31.0 Å². The van der Waals surface area contributed by atoms with E-state index in [2.05, 4.69) is 32.4 Å². The summed E-state index contributed by atoms with van der Waals surface area (Å²) in [5.41, 5.74) is 4.54. The van der Waals surface area contributed by atoms with Crippen LogP contribution in [0.25, 0.3) is 33.8 Å². The van der Waals surface area contributed by atoms with Gasteiger partial charge in [0.15, 0.2) is 11.5 Å². The van der Waals surface area contributed by atoms with Crippen molar-refractivity contribution in [3.05, 3.63) is 102 Å². The normalized spacial score (nSPS) is 15.6. The Morgan fingerprint density at radius 2 is 1.38 bits per heavy atom. The molecule has 3 aromatic heterocycles. The molecule has 14 heteroatoms. The van der Waals surface area contributed by atoms with E-state index in [1.807, 2.05) is 37.5 Å². The third-order valence-electron chi connectivity index (χ3n) is 11.8.